The minimum absolute atomic E-state index is 0. The molecule has 0 aromatic heterocycles. The highest BCUT2D eigenvalue weighted by Gasteiger charge is 1.93. The van der Waals surface area contributed by atoms with E-state index in [1.807, 2.05) is 0 Å². The maximum absolute atomic E-state index is 5.65. The molecule has 0 aliphatic heterocycles. The maximum Gasteiger partial charge on any atom is 0.0223 e. The second-order valence-electron chi connectivity index (χ2n) is 5.64. The number of hydrogen-bond donors (Lipinski definition) is 0. The predicted molar refractivity (Wildman–Crippen MR) is 96.0 cm³/mol. The monoisotopic (exact) mass is 354 g/mol. The molecule has 2 heteroatoms. The molecule has 0 aliphatic carbocycles. The molecule has 0 saturated heterocycles. The van der Waals surface area contributed by atoms with Crippen LogP contribution in [0.2, 0.25) is 0 Å². The highest BCUT2D eigenvalue weighted by Crippen LogP contribution is 2.13. The highest BCUT2D eigenvalue weighted by atomic mass is 79.9. The molecule has 0 nitrogen and oxygen atoms in total. The lowest BCUT2D eigenvalue weighted by atomic mass is 10.0. The Kier molecular flexibility index (Phi) is 24.5. The van der Waals surface area contributed by atoms with Gasteiger partial charge in [-0.1, -0.05) is 96.8 Å². The van der Waals surface area contributed by atoms with Gasteiger partial charge in [-0.15, -0.1) is 28.6 Å². The summed E-state index contributed by atoms with van der Waals surface area (Å²) in [5.74, 6) is 0.845. The average molecular weight is 356 g/mol. The quantitative estimate of drug-likeness (QED) is 0.209. The molecule has 0 atom stereocenters. The van der Waals surface area contributed by atoms with E-state index >= 15 is 0 Å². The van der Waals surface area contributed by atoms with Crippen molar-refractivity contribution >= 4 is 28.6 Å². The Bertz CT molecular complexity index is 123. The Hall–Kier alpha value is 0.770. The van der Waals surface area contributed by atoms with Gasteiger partial charge < -0.3 is 0 Å². The largest absolute Gasteiger partial charge is 0.127 e. The standard InChI is InChI=1S/C17H35Cl.BrH/c1-2-3-4-5-6-7-8-9-10-11-12-13-14-15-16-17-18;/h2-17H2,1H3;1H. The number of rotatable bonds is 15. The van der Waals surface area contributed by atoms with Gasteiger partial charge in [-0.05, 0) is 6.42 Å². The van der Waals surface area contributed by atoms with Crippen LogP contribution in [0.15, 0.2) is 0 Å². The van der Waals surface area contributed by atoms with E-state index < -0.39 is 0 Å². The SMILES string of the molecule is Br.CCCCCCCCCCCCCCCCCCl. The summed E-state index contributed by atoms with van der Waals surface area (Å²) in [7, 11) is 0. The molecular formula is C17H36BrCl. The summed E-state index contributed by atoms with van der Waals surface area (Å²) >= 11 is 5.65. The highest BCUT2D eigenvalue weighted by molar-refractivity contribution is 8.93. The van der Waals surface area contributed by atoms with E-state index in [4.69, 9.17) is 11.6 Å². The Morgan fingerprint density at radius 1 is 0.474 bits per heavy atom. The van der Waals surface area contributed by atoms with E-state index in [-0.39, 0.29) is 17.0 Å². The van der Waals surface area contributed by atoms with E-state index in [2.05, 4.69) is 6.92 Å². The van der Waals surface area contributed by atoms with Crippen LogP contribution in [0.3, 0.4) is 0 Å². The number of hydrogen-bond acceptors (Lipinski definition) is 0. The zero-order chi connectivity index (χ0) is 13.3. The molecule has 0 bridgehead atoms. The average Bonchev–Trinajstić information content (AvgIpc) is 2.39. The molecule has 0 aromatic rings. The first-order chi connectivity index (χ1) is 8.91. The van der Waals surface area contributed by atoms with Crippen molar-refractivity contribution in [2.75, 3.05) is 5.88 Å². The van der Waals surface area contributed by atoms with Gasteiger partial charge in [-0.2, -0.15) is 0 Å². The van der Waals surface area contributed by atoms with Crippen LogP contribution in [-0.2, 0) is 0 Å². The Morgan fingerprint density at radius 3 is 1.00 bits per heavy atom. The van der Waals surface area contributed by atoms with Crippen LogP contribution in [0.4, 0.5) is 0 Å². The van der Waals surface area contributed by atoms with Crippen molar-refractivity contribution in [1.82, 2.24) is 0 Å². The van der Waals surface area contributed by atoms with Crippen LogP contribution in [0.5, 0.6) is 0 Å². The Balaban J connectivity index is 0. The second-order valence-corrected chi connectivity index (χ2v) is 6.02. The molecule has 0 fully saturated rings. The fourth-order valence-corrected chi connectivity index (χ4v) is 2.65. The zero-order valence-corrected chi connectivity index (χ0v) is 15.6. The van der Waals surface area contributed by atoms with Crippen LogP contribution in [0.1, 0.15) is 103 Å². The smallest absolute Gasteiger partial charge is 0.0223 e. The molecule has 118 valence electrons. The van der Waals surface area contributed by atoms with Gasteiger partial charge in [0.15, 0.2) is 0 Å². The fourth-order valence-electron chi connectivity index (χ4n) is 2.47. The van der Waals surface area contributed by atoms with E-state index in [9.17, 15) is 0 Å². The molecule has 0 aromatic carbocycles. The minimum Gasteiger partial charge on any atom is -0.127 e. The van der Waals surface area contributed by atoms with E-state index in [1.54, 1.807) is 0 Å². The van der Waals surface area contributed by atoms with Gasteiger partial charge in [-0.3, -0.25) is 0 Å². The first-order valence-corrected chi connectivity index (χ1v) is 9.01. The van der Waals surface area contributed by atoms with Crippen molar-refractivity contribution in [1.29, 1.82) is 0 Å². The third-order valence-corrected chi connectivity index (χ3v) is 4.00. The summed E-state index contributed by atoms with van der Waals surface area (Å²) < 4.78 is 0. The summed E-state index contributed by atoms with van der Waals surface area (Å²) in [6.45, 7) is 2.29. The van der Waals surface area contributed by atoms with E-state index in [1.165, 1.54) is 96.3 Å². The Labute approximate surface area is 137 Å². The zero-order valence-electron chi connectivity index (χ0n) is 13.1. The summed E-state index contributed by atoms with van der Waals surface area (Å²) in [4.78, 5) is 0. The van der Waals surface area contributed by atoms with Crippen LogP contribution in [0, 0.1) is 0 Å². The lowest BCUT2D eigenvalue weighted by molar-refractivity contribution is 0.535. The first kappa shape index (κ1) is 22.1. The van der Waals surface area contributed by atoms with Gasteiger partial charge in [-0.25, -0.2) is 0 Å². The number of unbranched alkanes of at least 4 members (excludes halogenated alkanes) is 14. The molecular weight excluding hydrogens is 320 g/mol. The summed E-state index contributed by atoms with van der Waals surface area (Å²) in [5, 5.41) is 0. The number of halogens is 2. The lowest BCUT2D eigenvalue weighted by Gasteiger charge is -2.02. The molecule has 0 saturated carbocycles. The van der Waals surface area contributed by atoms with Gasteiger partial charge >= 0.3 is 0 Å². The van der Waals surface area contributed by atoms with Crippen molar-refractivity contribution in [3.63, 3.8) is 0 Å². The third kappa shape index (κ3) is 21.2. The van der Waals surface area contributed by atoms with Crippen molar-refractivity contribution in [3.05, 3.63) is 0 Å². The van der Waals surface area contributed by atoms with Gasteiger partial charge in [0, 0.05) is 5.88 Å². The second kappa shape index (κ2) is 21.1. The molecule has 0 aliphatic rings. The van der Waals surface area contributed by atoms with E-state index in [0.717, 1.165) is 5.88 Å². The molecule has 0 amide bonds. The van der Waals surface area contributed by atoms with Crippen LogP contribution in [0.25, 0.3) is 0 Å². The van der Waals surface area contributed by atoms with Crippen LogP contribution < -0.4 is 0 Å². The number of alkyl halides is 1. The van der Waals surface area contributed by atoms with Gasteiger partial charge in [0.25, 0.3) is 0 Å². The van der Waals surface area contributed by atoms with Crippen molar-refractivity contribution in [2.24, 2.45) is 0 Å². The topological polar surface area (TPSA) is 0 Å². The molecule has 19 heavy (non-hydrogen) atoms. The maximum atomic E-state index is 5.65. The lowest BCUT2D eigenvalue weighted by Crippen LogP contribution is -1.83. The van der Waals surface area contributed by atoms with Gasteiger partial charge in [0.05, 0.1) is 0 Å². The van der Waals surface area contributed by atoms with E-state index in [0.29, 0.717) is 0 Å². The van der Waals surface area contributed by atoms with Crippen molar-refractivity contribution in [3.8, 4) is 0 Å². The predicted octanol–water partition coefficient (Wildman–Crippen LogP) is 7.67. The first-order valence-electron chi connectivity index (χ1n) is 8.47. The summed E-state index contributed by atoms with van der Waals surface area (Å²) in [6, 6.07) is 0. The Morgan fingerprint density at radius 2 is 0.737 bits per heavy atom. The fraction of sp³-hybridized carbons (Fsp3) is 1.00. The van der Waals surface area contributed by atoms with Crippen LogP contribution >= 0.6 is 28.6 Å². The molecule has 0 N–H and O–H groups in total. The molecule has 0 heterocycles. The minimum atomic E-state index is 0. The molecule has 0 spiro atoms. The van der Waals surface area contributed by atoms with Crippen molar-refractivity contribution < 1.29 is 0 Å². The van der Waals surface area contributed by atoms with Gasteiger partial charge in [0.1, 0.15) is 0 Å². The molecule has 0 radical (unpaired) electrons. The summed E-state index contributed by atoms with van der Waals surface area (Å²) in [5.41, 5.74) is 0. The van der Waals surface area contributed by atoms with Crippen molar-refractivity contribution in [2.45, 2.75) is 103 Å². The van der Waals surface area contributed by atoms with Gasteiger partial charge in [0.2, 0.25) is 0 Å². The van der Waals surface area contributed by atoms with Crippen LogP contribution in [-0.4, -0.2) is 5.88 Å². The molecule has 0 unspecified atom stereocenters. The summed E-state index contributed by atoms with van der Waals surface area (Å²) in [6.07, 6.45) is 21.3. The molecule has 0 rings (SSSR count). The normalized spacial score (nSPS) is 10.4. The third-order valence-electron chi connectivity index (χ3n) is 3.74.